The van der Waals surface area contributed by atoms with Crippen molar-refractivity contribution in [3.63, 3.8) is 0 Å². The molecule has 2 bridgehead atoms. The van der Waals surface area contributed by atoms with Gasteiger partial charge in [-0.1, -0.05) is 47.5 Å². The van der Waals surface area contributed by atoms with Crippen LogP contribution in [0.4, 0.5) is 0 Å². The van der Waals surface area contributed by atoms with Crippen LogP contribution >= 0.6 is 23.2 Å². The summed E-state index contributed by atoms with van der Waals surface area (Å²) in [4.78, 5) is 25.9. The molecule has 1 heterocycles. The number of allylic oxidation sites excluding steroid dienone is 2. The minimum atomic E-state index is -0.286. The van der Waals surface area contributed by atoms with Gasteiger partial charge in [0, 0.05) is 15.6 Å². The SMILES string of the molecule is O=C1[C@@H]2[C@@H](C(=O)N1/N=C\c1cc(Cl)ccc1OCc1cccc(Cl)c1)[C@H]1C=C[C@H]2CC1. The standard InChI is InChI=1S/C24H20Cl2N2O3/c25-18-3-1-2-14(10-18)13-31-20-9-8-19(26)11-17(20)12-27-28-23(29)21-15-4-5-16(7-6-15)22(21)24(28)30/h1-5,8-12,15-16,21-22H,6-7,13H2/b27-12-/t15-,16-,21-,22-/m0/s1. The Labute approximate surface area is 190 Å². The Bertz CT molecular complexity index is 1080. The van der Waals surface area contributed by atoms with Gasteiger partial charge in [0.2, 0.25) is 0 Å². The molecular formula is C24H20Cl2N2O3. The normalized spacial score (nSPS) is 26.7. The third-order valence-corrected chi connectivity index (χ3v) is 6.77. The van der Waals surface area contributed by atoms with Gasteiger partial charge in [0.05, 0.1) is 18.1 Å². The highest BCUT2D eigenvalue weighted by Crippen LogP contribution is 2.49. The number of nitrogens with zero attached hydrogens (tertiary/aromatic N) is 2. The first kappa shape index (κ1) is 20.3. The van der Waals surface area contributed by atoms with Gasteiger partial charge in [-0.2, -0.15) is 10.1 Å². The van der Waals surface area contributed by atoms with Gasteiger partial charge in [0.1, 0.15) is 12.4 Å². The number of hydrogen-bond acceptors (Lipinski definition) is 4. The summed E-state index contributed by atoms with van der Waals surface area (Å²) in [6, 6.07) is 12.6. The van der Waals surface area contributed by atoms with E-state index < -0.39 is 0 Å². The summed E-state index contributed by atoms with van der Waals surface area (Å²) >= 11 is 12.2. The van der Waals surface area contributed by atoms with E-state index in [-0.39, 0.29) is 35.5 Å². The molecule has 2 fully saturated rings. The molecule has 5 nitrogen and oxygen atoms in total. The van der Waals surface area contributed by atoms with Gasteiger partial charge in [0.25, 0.3) is 11.8 Å². The van der Waals surface area contributed by atoms with E-state index in [0.717, 1.165) is 23.4 Å². The lowest BCUT2D eigenvalue weighted by atomic mass is 9.63. The average molecular weight is 455 g/mol. The quantitative estimate of drug-likeness (QED) is 0.358. The number of carbonyl (C=O) groups is 2. The van der Waals surface area contributed by atoms with Crippen LogP contribution in [0.3, 0.4) is 0 Å². The number of fused-ring (bicyclic) bond motifs is 1. The molecule has 158 valence electrons. The average Bonchev–Trinajstić information content (AvgIpc) is 3.04. The van der Waals surface area contributed by atoms with Gasteiger partial charge in [0.15, 0.2) is 0 Å². The van der Waals surface area contributed by atoms with Crippen molar-refractivity contribution in [2.45, 2.75) is 19.4 Å². The zero-order valence-electron chi connectivity index (χ0n) is 16.6. The van der Waals surface area contributed by atoms with E-state index in [0.29, 0.717) is 28.0 Å². The maximum Gasteiger partial charge on any atom is 0.254 e. The fourth-order valence-corrected chi connectivity index (χ4v) is 5.23. The molecule has 0 aromatic heterocycles. The number of carbonyl (C=O) groups excluding carboxylic acids is 2. The molecule has 4 aliphatic rings. The molecule has 3 aliphatic carbocycles. The van der Waals surface area contributed by atoms with Crippen LogP contribution in [-0.2, 0) is 16.2 Å². The van der Waals surface area contributed by atoms with Crippen molar-refractivity contribution < 1.29 is 14.3 Å². The van der Waals surface area contributed by atoms with E-state index in [1.165, 1.54) is 6.21 Å². The lowest BCUT2D eigenvalue weighted by molar-refractivity contribution is -0.140. The van der Waals surface area contributed by atoms with Crippen LogP contribution in [0.25, 0.3) is 0 Å². The second-order valence-electron chi connectivity index (χ2n) is 8.18. The van der Waals surface area contributed by atoms with Crippen LogP contribution in [0, 0.1) is 23.7 Å². The van der Waals surface area contributed by atoms with Crippen LogP contribution in [0.1, 0.15) is 24.0 Å². The monoisotopic (exact) mass is 454 g/mol. The highest BCUT2D eigenvalue weighted by Gasteiger charge is 2.56. The summed E-state index contributed by atoms with van der Waals surface area (Å²) in [6.45, 7) is 0.309. The number of hydrogen-bond donors (Lipinski definition) is 0. The molecule has 4 atom stereocenters. The van der Waals surface area contributed by atoms with E-state index >= 15 is 0 Å². The molecule has 1 saturated carbocycles. The summed E-state index contributed by atoms with van der Waals surface area (Å²) in [5.41, 5.74) is 1.51. The fraction of sp³-hybridized carbons (Fsp3) is 0.292. The third kappa shape index (κ3) is 3.77. The van der Waals surface area contributed by atoms with E-state index in [2.05, 4.69) is 17.3 Å². The molecule has 7 heteroatoms. The first-order chi connectivity index (χ1) is 15.0. The zero-order chi connectivity index (χ0) is 21.5. The predicted molar refractivity (Wildman–Crippen MR) is 119 cm³/mol. The van der Waals surface area contributed by atoms with Crippen LogP contribution in [0.2, 0.25) is 10.0 Å². The lowest BCUT2D eigenvalue weighted by Gasteiger charge is -2.37. The molecular weight excluding hydrogens is 435 g/mol. The summed E-state index contributed by atoms with van der Waals surface area (Å²) in [6.07, 6.45) is 7.56. The van der Waals surface area contributed by atoms with E-state index in [9.17, 15) is 9.59 Å². The maximum absolute atomic E-state index is 12.9. The molecule has 6 rings (SSSR count). The summed E-state index contributed by atoms with van der Waals surface area (Å²) in [5.74, 6) is -0.185. The van der Waals surface area contributed by atoms with Crippen molar-refractivity contribution in [1.29, 1.82) is 0 Å². The molecule has 2 aromatic carbocycles. The highest BCUT2D eigenvalue weighted by molar-refractivity contribution is 6.31. The Kier molecular flexibility index (Phi) is 5.32. The Morgan fingerprint density at radius 1 is 0.968 bits per heavy atom. The molecule has 2 amide bonds. The smallest absolute Gasteiger partial charge is 0.254 e. The molecule has 0 unspecified atom stereocenters. The Balaban J connectivity index is 1.37. The molecule has 31 heavy (non-hydrogen) atoms. The van der Waals surface area contributed by atoms with Crippen molar-refractivity contribution in [2.75, 3.05) is 0 Å². The van der Waals surface area contributed by atoms with Gasteiger partial charge in [-0.3, -0.25) is 9.59 Å². The zero-order valence-corrected chi connectivity index (χ0v) is 18.1. The minimum Gasteiger partial charge on any atom is -0.488 e. The molecule has 0 N–H and O–H groups in total. The van der Waals surface area contributed by atoms with Crippen LogP contribution in [-0.4, -0.2) is 23.0 Å². The Morgan fingerprint density at radius 3 is 2.29 bits per heavy atom. The first-order valence-electron chi connectivity index (χ1n) is 10.3. The Morgan fingerprint density at radius 2 is 1.65 bits per heavy atom. The third-order valence-electron chi connectivity index (χ3n) is 6.30. The highest BCUT2D eigenvalue weighted by atomic mass is 35.5. The number of amides is 2. The minimum absolute atomic E-state index is 0.134. The lowest BCUT2D eigenvalue weighted by Crippen LogP contribution is -2.38. The van der Waals surface area contributed by atoms with Gasteiger partial charge in [-0.15, -0.1) is 0 Å². The molecule has 2 aromatic rings. The number of hydrazone groups is 1. The van der Waals surface area contributed by atoms with E-state index in [1.54, 1.807) is 24.3 Å². The number of rotatable bonds is 5. The number of imide groups is 1. The summed E-state index contributed by atoms with van der Waals surface area (Å²) < 4.78 is 5.93. The van der Waals surface area contributed by atoms with Crippen molar-refractivity contribution in [1.82, 2.24) is 5.01 Å². The van der Waals surface area contributed by atoms with Gasteiger partial charge in [-0.05, 0) is 60.6 Å². The van der Waals surface area contributed by atoms with Crippen LogP contribution < -0.4 is 4.74 Å². The number of ether oxygens (including phenoxy) is 1. The van der Waals surface area contributed by atoms with Crippen LogP contribution in [0.5, 0.6) is 5.75 Å². The van der Waals surface area contributed by atoms with Crippen molar-refractivity contribution in [2.24, 2.45) is 28.8 Å². The molecule has 1 aliphatic heterocycles. The van der Waals surface area contributed by atoms with E-state index in [4.69, 9.17) is 27.9 Å². The maximum atomic E-state index is 12.9. The molecule has 0 radical (unpaired) electrons. The van der Waals surface area contributed by atoms with Crippen LogP contribution in [0.15, 0.2) is 59.7 Å². The van der Waals surface area contributed by atoms with Crippen molar-refractivity contribution in [3.05, 3.63) is 75.8 Å². The van der Waals surface area contributed by atoms with E-state index in [1.807, 2.05) is 18.2 Å². The topological polar surface area (TPSA) is 59.0 Å². The summed E-state index contributed by atoms with van der Waals surface area (Å²) in [7, 11) is 0. The van der Waals surface area contributed by atoms with Gasteiger partial charge < -0.3 is 4.74 Å². The predicted octanol–water partition coefficient (Wildman–Crippen LogP) is 5.10. The summed E-state index contributed by atoms with van der Waals surface area (Å²) in [5, 5.41) is 6.45. The first-order valence-corrected chi connectivity index (χ1v) is 11.0. The molecule has 0 spiro atoms. The second-order valence-corrected chi connectivity index (χ2v) is 9.05. The van der Waals surface area contributed by atoms with Crippen molar-refractivity contribution in [3.8, 4) is 5.75 Å². The molecule has 1 saturated heterocycles. The Hall–Kier alpha value is -2.63. The van der Waals surface area contributed by atoms with Gasteiger partial charge in [-0.25, -0.2) is 0 Å². The fourth-order valence-electron chi connectivity index (χ4n) is 4.83. The largest absolute Gasteiger partial charge is 0.488 e. The number of halogens is 2. The van der Waals surface area contributed by atoms with Gasteiger partial charge >= 0.3 is 0 Å². The second kappa shape index (κ2) is 8.13. The van der Waals surface area contributed by atoms with Crippen molar-refractivity contribution >= 4 is 41.2 Å². The number of benzene rings is 2.